The molecule has 0 spiro atoms. The second kappa shape index (κ2) is 9.15. The first-order valence-corrected chi connectivity index (χ1v) is 8.44. The number of hydrogen-bond acceptors (Lipinski definition) is 4. The predicted molar refractivity (Wildman–Crippen MR) is 101 cm³/mol. The van der Waals surface area contributed by atoms with Crippen LogP contribution < -0.4 is 21.7 Å². The topological polar surface area (TPSA) is 105 Å². The summed E-state index contributed by atoms with van der Waals surface area (Å²) in [6, 6.07) is 6.71. The van der Waals surface area contributed by atoms with Crippen molar-refractivity contribution < 1.29 is 14.3 Å². The Hall–Kier alpha value is -2.44. The number of nitrogens with two attached hydrogens (primary N) is 1. The maximum absolute atomic E-state index is 11.8. The molecule has 0 fully saturated rings. The first-order chi connectivity index (χ1) is 11.6. The molecule has 1 unspecified atom stereocenters. The lowest BCUT2D eigenvalue weighted by Gasteiger charge is -2.24. The molecule has 0 aromatic heterocycles. The number of urea groups is 1. The minimum absolute atomic E-state index is 0.222. The number of carbonyl (C=O) groups is 2. The molecule has 0 aliphatic heterocycles. The van der Waals surface area contributed by atoms with Crippen molar-refractivity contribution in [2.45, 2.75) is 40.2 Å². The molecule has 3 amide bonds. The Balaban J connectivity index is 2.56. The van der Waals surface area contributed by atoms with Gasteiger partial charge in [-0.3, -0.25) is 0 Å². The third kappa shape index (κ3) is 8.83. The summed E-state index contributed by atoms with van der Waals surface area (Å²) in [4.78, 5) is 22.7. The molecule has 1 aromatic rings. The van der Waals surface area contributed by atoms with Gasteiger partial charge in [-0.15, -0.1) is 0 Å². The smallest absolute Gasteiger partial charge is 0.407 e. The van der Waals surface area contributed by atoms with E-state index in [1.807, 2.05) is 39.0 Å². The molecule has 0 bridgehead atoms. The average Bonchev–Trinajstić information content (AvgIpc) is 2.44. The van der Waals surface area contributed by atoms with Gasteiger partial charge < -0.3 is 26.4 Å². The zero-order valence-corrected chi connectivity index (χ0v) is 15.7. The van der Waals surface area contributed by atoms with Crippen LogP contribution in [0.3, 0.4) is 0 Å². The Morgan fingerprint density at radius 1 is 1.16 bits per heavy atom. The number of primary amides is 1. The maximum atomic E-state index is 11.8. The number of alkyl carbamates (subject to hydrolysis) is 1. The van der Waals surface area contributed by atoms with E-state index >= 15 is 0 Å². The van der Waals surface area contributed by atoms with E-state index in [1.165, 1.54) is 0 Å². The van der Waals surface area contributed by atoms with Crippen LogP contribution >= 0.6 is 0 Å². The molecule has 5 N–H and O–H groups in total. The van der Waals surface area contributed by atoms with Crippen LogP contribution in [0, 0.1) is 11.8 Å². The fraction of sp³-hybridized carbons (Fsp3) is 0.556. The molecule has 7 heteroatoms. The molecule has 0 aliphatic rings. The lowest BCUT2D eigenvalue weighted by molar-refractivity contribution is 0.0516. The summed E-state index contributed by atoms with van der Waals surface area (Å²) in [5.41, 5.74) is 6.11. The molecule has 25 heavy (non-hydrogen) atoms. The second-order valence-electron chi connectivity index (χ2n) is 7.34. The number of hydrogen-bond donors (Lipinski definition) is 4. The number of anilines is 2. The lowest BCUT2D eigenvalue weighted by Crippen LogP contribution is -2.38. The number of amides is 3. The van der Waals surface area contributed by atoms with E-state index in [0.717, 1.165) is 5.69 Å². The number of benzene rings is 1. The van der Waals surface area contributed by atoms with Crippen molar-refractivity contribution in [3.8, 4) is 0 Å². The third-order valence-electron chi connectivity index (χ3n) is 3.55. The predicted octanol–water partition coefficient (Wildman–Crippen LogP) is 3.39. The van der Waals surface area contributed by atoms with Gasteiger partial charge in [0.1, 0.15) is 5.60 Å². The van der Waals surface area contributed by atoms with Gasteiger partial charge in [-0.1, -0.05) is 19.9 Å². The maximum Gasteiger partial charge on any atom is 0.407 e. The fourth-order valence-corrected chi connectivity index (χ4v) is 2.17. The monoisotopic (exact) mass is 350 g/mol. The van der Waals surface area contributed by atoms with Crippen molar-refractivity contribution in [3.63, 3.8) is 0 Å². The van der Waals surface area contributed by atoms with E-state index in [-0.39, 0.29) is 5.92 Å². The van der Waals surface area contributed by atoms with Crippen LogP contribution in [0.15, 0.2) is 24.3 Å². The highest BCUT2D eigenvalue weighted by Gasteiger charge is 2.19. The number of carbonyl (C=O) groups excluding carboxylic acids is 2. The van der Waals surface area contributed by atoms with Crippen LogP contribution in [0.4, 0.5) is 21.0 Å². The van der Waals surface area contributed by atoms with E-state index in [0.29, 0.717) is 24.7 Å². The summed E-state index contributed by atoms with van der Waals surface area (Å²) in [7, 11) is 0. The highest BCUT2D eigenvalue weighted by molar-refractivity contribution is 5.88. The Labute approximate surface area is 149 Å². The summed E-state index contributed by atoms with van der Waals surface area (Å²) in [6.07, 6.45) is -0.411. The highest BCUT2D eigenvalue weighted by atomic mass is 16.6. The van der Waals surface area contributed by atoms with E-state index < -0.39 is 17.7 Å². The minimum Gasteiger partial charge on any atom is -0.444 e. The standard InChI is InChI=1S/C18H30N4O3/c1-12(2)13(11-21-17(24)25-18(3,4)5)10-20-14-7-6-8-15(9-14)22-16(19)23/h6-9,12-13,20H,10-11H2,1-5H3,(H,21,24)(H3,19,22,23). The van der Waals surface area contributed by atoms with Gasteiger partial charge in [-0.25, -0.2) is 9.59 Å². The summed E-state index contributed by atoms with van der Waals surface area (Å²) in [5.74, 6) is 0.592. The number of nitrogens with one attached hydrogen (secondary N) is 3. The van der Waals surface area contributed by atoms with Gasteiger partial charge in [0, 0.05) is 24.5 Å². The molecular formula is C18H30N4O3. The van der Waals surface area contributed by atoms with Crippen molar-refractivity contribution in [1.29, 1.82) is 0 Å². The molecule has 7 nitrogen and oxygen atoms in total. The zero-order valence-electron chi connectivity index (χ0n) is 15.7. The number of rotatable bonds is 7. The van der Waals surface area contributed by atoms with E-state index in [4.69, 9.17) is 10.5 Å². The Kier molecular flexibility index (Phi) is 7.54. The van der Waals surface area contributed by atoms with Crippen molar-refractivity contribution in [1.82, 2.24) is 5.32 Å². The Morgan fingerprint density at radius 2 is 1.80 bits per heavy atom. The quantitative estimate of drug-likeness (QED) is 0.605. The molecule has 140 valence electrons. The average molecular weight is 350 g/mol. The van der Waals surface area contributed by atoms with Gasteiger partial charge in [0.05, 0.1) is 0 Å². The third-order valence-corrected chi connectivity index (χ3v) is 3.55. The van der Waals surface area contributed by atoms with Crippen LogP contribution in [-0.4, -0.2) is 30.8 Å². The van der Waals surface area contributed by atoms with Crippen molar-refractivity contribution in [2.24, 2.45) is 17.6 Å². The summed E-state index contributed by atoms with van der Waals surface area (Å²) in [6.45, 7) is 10.9. The molecule has 1 atom stereocenters. The van der Waals surface area contributed by atoms with Gasteiger partial charge in [-0.05, 0) is 50.8 Å². The molecule has 1 aromatic carbocycles. The Bertz CT molecular complexity index is 582. The van der Waals surface area contributed by atoms with Gasteiger partial charge in [0.15, 0.2) is 0 Å². The summed E-state index contributed by atoms with van der Waals surface area (Å²) < 4.78 is 5.26. The van der Waals surface area contributed by atoms with Crippen molar-refractivity contribution >= 4 is 23.5 Å². The van der Waals surface area contributed by atoms with Crippen LogP contribution in [0.1, 0.15) is 34.6 Å². The summed E-state index contributed by atoms with van der Waals surface area (Å²) in [5, 5.41) is 8.69. The van der Waals surface area contributed by atoms with Crippen molar-refractivity contribution in [3.05, 3.63) is 24.3 Å². The second-order valence-corrected chi connectivity index (χ2v) is 7.34. The molecule has 0 saturated heterocycles. The fourth-order valence-electron chi connectivity index (χ4n) is 2.17. The first-order valence-electron chi connectivity index (χ1n) is 8.44. The van der Waals surface area contributed by atoms with E-state index in [1.54, 1.807) is 6.07 Å². The van der Waals surface area contributed by atoms with Crippen LogP contribution in [-0.2, 0) is 4.74 Å². The highest BCUT2D eigenvalue weighted by Crippen LogP contribution is 2.17. The molecule has 0 saturated carbocycles. The first kappa shape index (κ1) is 20.6. The van der Waals surface area contributed by atoms with Gasteiger partial charge in [-0.2, -0.15) is 0 Å². The van der Waals surface area contributed by atoms with Gasteiger partial charge in [0.2, 0.25) is 0 Å². The minimum atomic E-state index is -0.598. The van der Waals surface area contributed by atoms with Crippen LogP contribution in [0.5, 0.6) is 0 Å². The Morgan fingerprint density at radius 3 is 2.36 bits per heavy atom. The molecular weight excluding hydrogens is 320 g/mol. The van der Waals surface area contributed by atoms with Gasteiger partial charge in [0.25, 0.3) is 0 Å². The van der Waals surface area contributed by atoms with Gasteiger partial charge >= 0.3 is 12.1 Å². The molecule has 0 aliphatic carbocycles. The van der Waals surface area contributed by atoms with E-state index in [2.05, 4.69) is 29.8 Å². The number of ether oxygens (including phenoxy) is 1. The summed E-state index contributed by atoms with van der Waals surface area (Å²) >= 11 is 0. The lowest BCUT2D eigenvalue weighted by atomic mass is 9.95. The molecule has 0 radical (unpaired) electrons. The van der Waals surface area contributed by atoms with E-state index in [9.17, 15) is 9.59 Å². The SMILES string of the molecule is CC(C)C(CNC(=O)OC(C)(C)C)CNc1cccc(NC(N)=O)c1. The molecule has 0 heterocycles. The van der Waals surface area contributed by atoms with Crippen LogP contribution in [0.2, 0.25) is 0 Å². The van der Waals surface area contributed by atoms with Crippen LogP contribution in [0.25, 0.3) is 0 Å². The zero-order chi connectivity index (χ0) is 19.0. The van der Waals surface area contributed by atoms with Crippen molar-refractivity contribution in [2.75, 3.05) is 23.7 Å². The largest absolute Gasteiger partial charge is 0.444 e. The normalized spacial score (nSPS) is 12.4. The molecule has 1 rings (SSSR count).